The van der Waals surface area contributed by atoms with Gasteiger partial charge >= 0.3 is 6.03 Å². The van der Waals surface area contributed by atoms with Crippen LogP contribution in [0.5, 0.6) is 0 Å². The zero-order chi connectivity index (χ0) is 17.8. The molecule has 0 bridgehead atoms. The molecule has 136 valence electrons. The van der Waals surface area contributed by atoms with Gasteiger partial charge in [0.1, 0.15) is 5.82 Å². The van der Waals surface area contributed by atoms with E-state index in [9.17, 15) is 14.0 Å². The van der Waals surface area contributed by atoms with Gasteiger partial charge in [-0.15, -0.1) is 0 Å². The van der Waals surface area contributed by atoms with Gasteiger partial charge in [-0.25, -0.2) is 9.18 Å². The van der Waals surface area contributed by atoms with Crippen LogP contribution in [0, 0.1) is 5.82 Å². The largest absolute Gasteiger partial charge is 0.338 e. The molecule has 0 spiro atoms. The lowest BCUT2D eigenvalue weighted by Gasteiger charge is -2.38. The van der Waals surface area contributed by atoms with Crippen molar-refractivity contribution in [2.75, 3.05) is 19.6 Å². The molecule has 25 heavy (non-hydrogen) atoms. The van der Waals surface area contributed by atoms with E-state index in [1.165, 1.54) is 6.07 Å². The molecule has 2 fully saturated rings. The average Bonchev–Trinajstić information content (AvgIpc) is 3.03. The van der Waals surface area contributed by atoms with E-state index < -0.39 is 0 Å². The van der Waals surface area contributed by atoms with Crippen molar-refractivity contribution < 1.29 is 14.0 Å². The normalized spacial score (nSPS) is 22.2. The molecule has 0 unspecified atom stereocenters. The summed E-state index contributed by atoms with van der Waals surface area (Å²) in [5.41, 5.74) is 0.606. The zero-order valence-electron chi connectivity index (χ0n) is 14.7. The minimum atomic E-state index is -0.241. The lowest BCUT2D eigenvalue weighted by molar-refractivity contribution is -0.130. The highest BCUT2D eigenvalue weighted by atomic mass is 19.1. The first-order chi connectivity index (χ1) is 12.0. The Hall–Kier alpha value is -2.11. The smallest absolute Gasteiger partial charge is 0.317 e. The molecule has 1 aromatic carbocycles. The molecule has 0 aliphatic carbocycles. The van der Waals surface area contributed by atoms with Gasteiger partial charge in [0.05, 0.1) is 0 Å². The molecular formula is C19H26FN3O2. The molecule has 1 aromatic rings. The van der Waals surface area contributed by atoms with Crippen LogP contribution < -0.4 is 5.32 Å². The molecule has 2 aliphatic rings. The topological polar surface area (TPSA) is 52.7 Å². The number of carbonyl (C=O) groups is 2. The van der Waals surface area contributed by atoms with Crippen LogP contribution in [0.3, 0.4) is 0 Å². The maximum atomic E-state index is 13.7. The van der Waals surface area contributed by atoms with E-state index >= 15 is 0 Å². The SMILES string of the molecule is C[C@@H](Cc1ccccc1F)NC(=O)N1CCC[C@@H](N2CCCC2=O)C1. The highest BCUT2D eigenvalue weighted by Crippen LogP contribution is 2.21. The molecule has 0 aromatic heterocycles. The average molecular weight is 347 g/mol. The molecular weight excluding hydrogens is 321 g/mol. The minimum Gasteiger partial charge on any atom is -0.338 e. The Morgan fingerprint density at radius 2 is 2.12 bits per heavy atom. The van der Waals surface area contributed by atoms with Gasteiger partial charge in [0.25, 0.3) is 0 Å². The summed E-state index contributed by atoms with van der Waals surface area (Å²) in [6.07, 6.45) is 3.87. The van der Waals surface area contributed by atoms with Crippen molar-refractivity contribution >= 4 is 11.9 Å². The van der Waals surface area contributed by atoms with Gasteiger partial charge in [-0.3, -0.25) is 4.79 Å². The predicted molar refractivity (Wildman–Crippen MR) is 93.6 cm³/mol. The van der Waals surface area contributed by atoms with Crippen LogP contribution in [0.15, 0.2) is 24.3 Å². The maximum Gasteiger partial charge on any atom is 0.317 e. The van der Waals surface area contributed by atoms with Crippen LogP contribution >= 0.6 is 0 Å². The van der Waals surface area contributed by atoms with Crippen LogP contribution in [-0.2, 0) is 11.2 Å². The van der Waals surface area contributed by atoms with Crippen LogP contribution in [0.2, 0.25) is 0 Å². The summed E-state index contributed by atoms with van der Waals surface area (Å²) in [5.74, 6) is -0.0330. The van der Waals surface area contributed by atoms with E-state index in [1.54, 1.807) is 23.1 Å². The first-order valence-electron chi connectivity index (χ1n) is 9.13. The number of nitrogens with zero attached hydrogens (tertiary/aromatic N) is 2. The predicted octanol–water partition coefficient (Wildman–Crippen LogP) is 2.55. The van der Waals surface area contributed by atoms with Crippen molar-refractivity contribution in [2.24, 2.45) is 0 Å². The van der Waals surface area contributed by atoms with Crippen molar-refractivity contribution in [1.29, 1.82) is 0 Å². The number of carbonyl (C=O) groups excluding carboxylic acids is 2. The third kappa shape index (κ3) is 4.30. The molecule has 3 rings (SSSR count). The number of urea groups is 1. The Morgan fingerprint density at radius 3 is 2.84 bits per heavy atom. The van der Waals surface area contributed by atoms with Crippen LogP contribution in [-0.4, -0.2) is 53.5 Å². The van der Waals surface area contributed by atoms with Gasteiger partial charge in [-0.2, -0.15) is 0 Å². The van der Waals surface area contributed by atoms with Crippen molar-refractivity contribution in [3.05, 3.63) is 35.6 Å². The van der Waals surface area contributed by atoms with Crippen molar-refractivity contribution in [2.45, 2.75) is 51.1 Å². The minimum absolute atomic E-state index is 0.125. The van der Waals surface area contributed by atoms with Crippen LogP contribution in [0.25, 0.3) is 0 Å². The molecule has 3 amide bonds. The highest BCUT2D eigenvalue weighted by molar-refractivity contribution is 5.79. The standard InChI is InChI=1S/C19H26FN3O2/c1-14(12-15-6-2-3-8-17(15)20)21-19(25)22-10-4-7-16(13-22)23-11-5-9-18(23)24/h2-3,6,8,14,16H,4-5,7,9-13H2,1H3,(H,21,25)/t14-,16+/m0/s1. The molecule has 1 N–H and O–H groups in total. The fourth-order valence-corrected chi connectivity index (χ4v) is 3.80. The van der Waals surface area contributed by atoms with E-state index in [-0.39, 0.29) is 29.8 Å². The zero-order valence-corrected chi connectivity index (χ0v) is 14.7. The van der Waals surface area contributed by atoms with E-state index in [0.29, 0.717) is 31.5 Å². The van der Waals surface area contributed by atoms with Crippen LogP contribution in [0.1, 0.15) is 38.2 Å². The molecule has 2 atom stereocenters. The van der Waals surface area contributed by atoms with Gasteiger partial charge in [0.2, 0.25) is 5.91 Å². The summed E-state index contributed by atoms with van der Waals surface area (Å²) >= 11 is 0. The Bertz CT molecular complexity index is 637. The number of hydrogen-bond acceptors (Lipinski definition) is 2. The van der Waals surface area contributed by atoms with Crippen molar-refractivity contribution in [3.63, 3.8) is 0 Å². The quantitative estimate of drug-likeness (QED) is 0.910. The molecule has 6 heteroatoms. The fraction of sp³-hybridized carbons (Fsp3) is 0.579. The van der Waals surface area contributed by atoms with E-state index in [2.05, 4.69) is 5.32 Å². The summed E-state index contributed by atoms with van der Waals surface area (Å²) < 4.78 is 13.7. The van der Waals surface area contributed by atoms with E-state index in [1.807, 2.05) is 11.8 Å². The summed E-state index contributed by atoms with van der Waals surface area (Å²) in [5, 5.41) is 2.96. The van der Waals surface area contributed by atoms with Gasteiger partial charge in [0.15, 0.2) is 0 Å². The van der Waals surface area contributed by atoms with Gasteiger partial charge in [-0.1, -0.05) is 18.2 Å². The maximum absolute atomic E-state index is 13.7. The third-order valence-electron chi connectivity index (χ3n) is 5.09. The third-order valence-corrected chi connectivity index (χ3v) is 5.09. The number of rotatable bonds is 4. The van der Waals surface area contributed by atoms with Gasteiger partial charge in [-0.05, 0) is 44.2 Å². The number of piperidine rings is 1. The Balaban J connectivity index is 1.53. The summed E-state index contributed by atoms with van der Waals surface area (Å²) in [7, 11) is 0. The van der Waals surface area contributed by atoms with Crippen molar-refractivity contribution in [1.82, 2.24) is 15.1 Å². The Labute approximate surface area is 148 Å². The lowest BCUT2D eigenvalue weighted by atomic mass is 10.0. The van der Waals surface area contributed by atoms with Gasteiger partial charge in [0, 0.05) is 38.1 Å². The number of likely N-dealkylation sites (tertiary alicyclic amines) is 2. The number of benzene rings is 1. The lowest BCUT2D eigenvalue weighted by Crippen LogP contribution is -2.54. The molecule has 2 heterocycles. The van der Waals surface area contributed by atoms with Crippen LogP contribution in [0.4, 0.5) is 9.18 Å². The molecule has 5 nitrogen and oxygen atoms in total. The van der Waals surface area contributed by atoms with E-state index in [4.69, 9.17) is 0 Å². The summed E-state index contributed by atoms with van der Waals surface area (Å²) in [6.45, 7) is 3.99. The highest BCUT2D eigenvalue weighted by Gasteiger charge is 2.33. The Morgan fingerprint density at radius 1 is 1.32 bits per heavy atom. The van der Waals surface area contributed by atoms with Gasteiger partial charge < -0.3 is 15.1 Å². The van der Waals surface area contributed by atoms with E-state index in [0.717, 1.165) is 25.8 Å². The molecule has 0 saturated carbocycles. The first-order valence-corrected chi connectivity index (χ1v) is 9.13. The summed E-state index contributed by atoms with van der Waals surface area (Å²) in [4.78, 5) is 28.2. The van der Waals surface area contributed by atoms with Crippen molar-refractivity contribution in [3.8, 4) is 0 Å². The first kappa shape index (κ1) is 17.7. The second-order valence-electron chi connectivity index (χ2n) is 7.08. The molecule has 2 aliphatic heterocycles. The molecule has 0 radical (unpaired) electrons. The molecule has 2 saturated heterocycles. The monoisotopic (exact) mass is 347 g/mol. The fourth-order valence-electron chi connectivity index (χ4n) is 3.80. The number of hydrogen-bond donors (Lipinski definition) is 1. The second-order valence-corrected chi connectivity index (χ2v) is 7.08. The summed E-state index contributed by atoms with van der Waals surface area (Å²) in [6, 6.07) is 6.50. The number of halogens is 1. The Kier molecular flexibility index (Phi) is 5.56. The number of amides is 3. The number of nitrogens with one attached hydrogen (secondary N) is 1. The second kappa shape index (κ2) is 7.85.